The Balaban J connectivity index is 1.44. The number of unbranched alkanes of at least 4 members (excludes halogenated alkanes) is 1. The maximum Gasteiger partial charge on any atom is 0.0697 e. The molecule has 0 aromatic heterocycles. The highest BCUT2D eigenvalue weighted by molar-refractivity contribution is 4.69. The highest BCUT2D eigenvalue weighted by atomic mass is 16.7. The standard InChI is InChI=1S/C17H36N4O2/c1-18-8-10-20(11-9-18)7-5-17-23-21-14-12-19(13-15-21)6-3-4-16-22-2/h3-17H2,1-2H3. The molecule has 6 nitrogen and oxygen atoms in total. The molecule has 2 rings (SSSR count). The Morgan fingerprint density at radius 3 is 1.96 bits per heavy atom. The molecule has 2 aliphatic heterocycles. The van der Waals surface area contributed by atoms with E-state index in [1.165, 1.54) is 52.1 Å². The SMILES string of the molecule is COCCCCN1CCN(OCCCN2CCN(C)CC2)CC1. The molecule has 0 N–H and O–H groups in total. The Kier molecular flexibility index (Phi) is 9.41. The second-order valence-corrected chi connectivity index (χ2v) is 6.80. The van der Waals surface area contributed by atoms with Crippen molar-refractivity contribution in [1.29, 1.82) is 0 Å². The Bertz CT molecular complexity index is 290. The molecule has 0 aliphatic carbocycles. The van der Waals surface area contributed by atoms with Crippen molar-refractivity contribution in [3.05, 3.63) is 0 Å². The van der Waals surface area contributed by atoms with Gasteiger partial charge in [-0.05, 0) is 32.9 Å². The van der Waals surface area contributed by atoms with E-state index >= 15 is 0 Å². The maximum atomic E-state index is 5.94. The summed E-state index contributed by atoms with van der Waals surface area (Å²) in [5.74, 6) is 0. The third kappa shape index (κ3) is 7.92. The van der Waals surface area contributed by atoms with E-state index in [0.717, 1.165) is 45.8 Å². The van der Waals surface area contributed by atoms with Gasteiger partial charge in [0.15, 0.2) is 0 Å². The molecule has 0 atom stereocenters. The van der Waals surface area contributed by atoms with Crippen molar-refractivity contribution in [1.82, 2.24) is 19.8 Å². The van der Waals surface area contributed by atoms with Gasteiger partial charge in [0, 0.05) is 72.6 Å². The van der Waals surface area contributed by atoms with Gasteiger partial charge in [0.2, 0.25) is 0 Å². The number of ether oxygens (including phenoxy) is 1. The van der Waals surface area contributed by atoms with Crippen LogP contribution in [0.5, 0.6) is 0 Å². The van der Waals surface area contributed by atoms with Crippen molar-refractivity contribution in [3.8, 4) is 0 Å². The van der Waals surface area contributed by atoms with Crippen molar-refractivity contribution >= 4 is 0 Å². The van der Waals surface area contributed by atoms with Crippen LogP contribution in [0.1, 0.15) is 19.3 Å². The van der Waals surface area contributed by atoms with Crippen molar-refractivity contribution in [2.24, 2.45) is 0 Å². The second-order valence-electron chi connectivity index (χ2n) is 6.80. The molecule has 2 heterocycles. The molecule has 6 heteroatoms. The van der Waals surface area contributed by atoms with Gasteiger partial charge in [-0.25, -0.2) is 0 Å². The first-order chi connectivity index (χ1) is 11.3. The van der Waals surface area contributed by atoms with E-state index in [2.05, 4.69) is 26.8 Å². The molecule has 0 aromatic carbocycles. The molecule has 2 aliphatic rings. The lowest BCUT2D eigenvalue weighted by molar-refractivity contribution is -0.178. The molecule has 0 bridgehead atoms. The molecule has 0 aromatic rings. The number of hydroxylamine groups is 2. The lowest BCUT2D eigenvalue weighted by atomic mass is 10.2. The molecule has 2 fully saturated rings. The average Bonchev–Trinajstić information content (AvgIpc) is 2.58. The van der Waals surface area contributed by atoms with Gasteiger partial charge in [0.05, 0.1) is 6.61 Å². The number of hydrogen-bond donors (Lipinski definition) is 0. The van der Waals surface area contributed by atoms with Crippen molar-refractivity contribution in [2.45, 2.75) is 19.3 Å². The van der Waals surface area contributed by atoms with Gasteiger partial charge in [-0.3, -0.25) is 4.84 Å². The minimum Gasteiger partial charge on any atom is -0.385 e. The predicted molar refractivity (Wildman–Crippen MR) is 93.6 cm³/mol. The fourth-order valence-electron chi connectivity index (χ4n) is 3.22. The molecule has 2 saturated heterocycles. The molecule has 23 heavy (non-hydrogen) atoms. The Labute approximate surface area is 142 Å². The molecular weight excluding hydrogens is 292 g/mol. The van der Waals surface area contributed by atoms with Crippen LogP contribution in [0.4, 0.5) is 0 Å². The number of methoxy groups -OCH3 is 1. The lowest BCUT2D eigenvalue weighted by Crippen LogP contribution is -2.47. The van der Waals surface area contributed by atoms with Gasteiger partial charge >= 0.3 is 0 Å². The van der Waals surface area contributed by atoms with Gasteiger partial charge in [-0.2, -0.15) is 5.06 Å². The summed E-state index contributed by atoms with van der Waals surface area (Å²) in [7, 11) is 3.98. The van der Waals surface area contributed by atoms with Crippen LogP contribution in [0.3, 0.4) is 0 Å². The van der Waals surface area contributed by atoms with E-state index < -0.39 is 0 Å². The Morgan fingerprint density at radius 1 is 0.696 bits per heavy atom. The lowest BCUT2D eigenvalue weighted by Gasteiger charge is -2.34. The molecule has 0 spiro atoms. The largest absolute Gasteiger partial charge is 0.385 e. The van der Waals surface area contributed by atoms with Gasteiger partial charge < -0.3 is 19.4 Å². The zero-order valence-electron chi connectivity index (χ0n) is 15.2. The smallest absolute Gasteiger partial charge is 0.0697 e. The van der Waals surface area contributed by atoms with Crippen LogP contribution in [-0.2, 0) is 9.57 Å². The van der Waals surface area contributed by atoms with Crippen molar-refractivity contribution in [3.63, 3.8) is 0 Å². The Morgan fingerprint density at radius 2 is 1.30 bits per heavy atom. The number of piperazine rings is 2. The molecule has 0 amide bonds. The second kappa shape index (κ2) is 11.3. The van der Waals surface area contributed by atoms with Gasteiger partial charge in [-0.1, -0.05) is 0 Å². The Hall–Kier alpha value is -0.240. The summed E-state index contributed by atoms with van der Waals surface area (Å²) in [4.78, 5) is 13.4. The normalized spacial score (nSPS) is 22.7. The predicted octanol–water partition coefficient (Wildman–Crippen LogP) is 0.600. The highest BCUT2D eigenvalue weighted by Gasteiger charge is 2.17. The average molecular weight is 329 g/mol. The summed E-state index contributed by atoms with van der Waals surface area (Å²) in [6.45, 7) is 13.3. The van der Waals surface area contributed by atoms with Crippen LogP contribution in [0.25, 0.3) is 0 Å². The fraction of sp³-hybridized carbons (Fsp3) is 1.00. The summed E-state index contributed by atoms with van der Waals surface area (Å²) < 4.78 is 5.10. The third-order valence-electron chi connectivity index (χ3n) is 4.89. The van der Waals surface area contributed by atoms with Crippen molar-refractivity contribution < 1.29 is 9.57 Å². The minimum absolute atomic E-state index is 0.861. The summed E-state index contributed by atoms with van der Waals surface area (Å²) >= 11 is 0. The van der Waals surface area contributed by atoms with Crippen LogP contribution >= 0.6 is 0 Å². The van der Waals surface area contributed by atoms with Crippen molar-refractivity contribution in [2.75, 3.05) is 92.8 Å². The third-order valence-corrected chi connectivity index (χ3v) is 4.89. The quantitative estimate of drug-likeness (QED) is 0.546. The fourth-order valence-corrected chi connectivity index (χ4v) is 3.22. The summed E-state index contributed by atoms with van der Waals surface area (Å²) in [5.41, 5.74) is 0. The number of hydrogen-bond acceptors (Lipinski definition) is 6. The molecule has 0 unspecified atom stereocenters. The topological polar surface area (TPSA) is 31.4 Å². The maximum absolute atomic E-state index is 5.94. The summed E-state index contributed by atoms with van der Waals surface area (Å²) in [5, 5.41) is 2.16. The zero-order chi connectivity index (χ0) is 16.3. The van der Waals surface area contributed by atoms with Crippen LogP contribution in [0.15, 0.2) is 0 Å². The number of nitrogens with zero attached hydrogens (tertiary/aromatic N) is 4. The molecule has 136 valence electrons. The zero-order valence-corrected chi connectivity index (χ0v) is 15.2. The summed E-state index contributed by atoms with van der Waals surface area (Å²) in [6, 6.07) is 0. The first-order valence-electron chi connectivity index (χ1n) is 9.28. The van der Waals surface area contributed by atoms with Gasteiger partial charge in [0.1, 0.15) is 0 Å². The van der Waals surface area contributed by atoms with E-state index in [1.807, 2.05) is 0 Å². The summed E-state index contributed by atoms with van der Waals surface area (Å²) in [6.07, 6.45) is 3.54. The van der Waals surface area contributed by atoms with E-state index in [1.54, 1.807) is 7.11 Å². The first-order valence-corrected chi connectivity index (χ1v) is 9.28. The van der Waals surface area contributed by atoms with E-state index in [9.17, 15) is 0 Å². The van der Waals surface area contributed by atoms with E-state index in [-0.39, 0.29) is 0 Å². The highest BCUT2D eigenvalue weighted by Crippen LogP contribution is 2.05. The van der Waals surface area contributed by atoms with Gasteiger partial charge in [-0.15, -0.1) is 0 Å². The minimum atomic E-state index is 0.861. The monoisotopic (exact) mass is 328 g/mol. The molecule has 0 saturated carbocycles. The van der Waals surface area contributed by atoms with Crippen LogP contribution in [0, 0.1) is 0 Å². The van der Waals surface area contributed by atoms with Crippen LogP contribution < -0.4 is 0 Å². The number of rotatable bonds is 10. The van der Waals surface area contributed by atoms with E-state index in [0.29, 0.717) is 0 Å². The molecular formula is C17H36N4O2. The molecule has 0 radical (unpaired) electrons. The van der Waals surface area contributed by atoms with Crippen LogP contribution in [0.2, 0.25) is 0 Å². The first kappa shape index (κ1) is 19.1. The van der Waals surface area contributed by atoms with E-state index in [4.69, 9.17) is 9.57 Å². The van der Waals surface area contributed by atoms with Crippen LogP contribution in [-0.4, -0.2) is 113 Å². The van der Waals surface area contributed by atoms with Gasteiger partial charge in [0.25, 0.3) is 0 Å². The number of likely N-dealkylation sites (N-methyl/N-ethyl adjacent to an activating group) is 1.